The topological polar surface area (TPSA) is 75.9 Å². The molecule has 0 aliphatic heterocycles. The van der Waals surface area contributed by atoms with Crippen LogP contribution in [0.25, 0.3) is 11.3 Å². The van der Waals surface area contributed by atoms with E-state index in [1.54, 1.807) is 0 Å². The Hall–Kier alpha value is -1.71. The highest BCUT2D eigenvalue weighted by molar-refractivity contribution is 7.16. The van der Waals surface area contributed by atoms with Crippen molar-refractivity contribution in [2.75, 3.05) is 17.4 Å². The first-order valence-electron chi connectivity index (χ1n) is 5.18. The van der Waals surface area contributed by atoms with Crippen LogP contribution in [0.5, 0.6) is 0 Å². The summed E-state index contributed by atoms with van der Waals surface area (Å²) in [6.45, 7) is 0. The Balaban J connectivity index is 2.32. The number of nitrogen functional groups attached to an aromatic ring is 1. The molecule has 0 aliphatic rings. The molecule has 1 unspecified atom stereocenters. The normalized spacial score (nSPS) is 10.2. The highest BCUT2D eigenvalue weighted by atomic mass is 31.0. The van der Waals surface area contributed by atoms with Gasteiger partial charge in [0, 0.05) is 17.9 Å². The summed E-state index contributed by atoms with van der Waals surface area (Å²) < 4.78 is 0. The summed E-state index contributed by atoms with van der Waals surface area (Å²) in [5, 5.41) is 0. The fourth-order valence-corrected chi connectivity index (χ4v) is 1.53. The first-order chi connectivity index (χ1) is 8.29. The van der Waals surface area contributed by atoms with Crippen molar-refractivity contribution in [1.29, 1.82) is 0 Å². The number of aromatic nitrogens is 2. The lowest BCUT2D eigenvalue weighted by Gasteiger charge is -2.08. The lowest BCUT2D eigenvalue weighted by atomic mass is 10.1. The van der Waals surface area contributed by atoms with E-state index in [9.17, 15) is 0 Å². The van der Waals surface area contributed by atoms with Crippen molar-refractivity contribution in [3.05, 3.63) is 36.4 Å². The molecule has 0 bridgehead atoms. The zero-order valence-electron chi connectivity index (χ0n) is 9.22. The number of hydrogen-bond acceptors (Lipinski definition) is 5. The fourth-order valence-electron chi connectivity index (χ4n) is 1.43. The van der Waals surface area contributed by atoms with Crippen molar-refractivity contribution in [3.63, 3.8) is 0 Å². The number of anilines is 2. The lowest BCUT2D eigenvalue weighted by molar-refractivity contribution is 0.933. The van der Waals surface area contributed by atoms with Crippen molar-refractivity contribution >= 4 is 21.0 Å². The second-order valence-corrected chi connectivity index (χ2v) is 3.78. The van der Waals surface area contributed by atoms with Gasteiger partial charge >= 0.3 is 0 Å². The van der Waals surface area contributed by atoms with Crippen LogP contribution in [-0.4, -0.2) is 16.3 Å². The SMILES string of the molecule is Nc1nc(NNCP)cc(-c2ccccc2)n1. The number of benzene rings is 1. The van der Waals surface area contributed by atoms with Crippen LogP contribution in [0, 0.1) is 0 Å². The summed E-state index contributed by atoms with van der Waals surface area (Å²) in [7, 11) is 2.55. The second-order valence-electron chi connectivity index (χ2n) is 3.37. The Morgan fingerprint density at radius 2 is 1.94 bits per heavy atom. The monoisotopic (exact) mass is 247 g/mol. The average Bonchev–Trinajstić information content (AvgIpc) is 2.37. The summed E-state index contributed by atoms with van der Waals surface area (Å²) >= 11 is 0. The fraction of sp³-hybridized carbons (Fsp3) is 0.0909. The number of nitrogens with two attached hydrogens (primary N) is 1. The van der Waals surface area contributed by atoms with E-state index in [1.807, 2.05) is 36.4 Å². The largest absolute Gasteiger partial charge is 0.368 e. The highest BCUT2D eigenvalue weighted by Gasteiger charge is 2.03. The van der Waals surface area contributed by atoms with Gasteiger partial charge in [-0.2, -0.15) is 4.98 Å². The van der Waals surface area contributed by atoms with E-state index in [0.29, 0.717) is 12.1 Å². The quantitative estimate of drug-likeness (QED) is 0.563. The second kappa shape index (κ2) is 5.57. The molecule has 2 aromatic rings. The summed E-state index contributed by atoms with van der Waals surface area (Å²) in [6, 6.07) is 11.7. The number of nitrogens with zero attached hydrogens (tertiary/aromatic N) is 2. The molecule has 0 fully saturated rings. The standard InChI is InChI=1S/C11H14N5P/c12-11-14-9(8-4-2-1-3-5-8)6-10(15-11)16-13-7-17/h1-6,13H,7,17H2,(H3,12,14,15,16). The van der Waals surface area contributed by atoms with Crippen LogP contribution >= 0.6 is 9.24 Å². The van der Waals surface area contributed by atoms with E-state index in [0.717, 1.165) is 11.3 Å². The van der Waals surface area contributed by atoms with Crippen LogP contribution in [0.1, 0.15) is 0 Å². The van der Waals surface area contributed by atoms with Gasteiger partial charge in [-0.15, -0.1) is 9.24 Å². The van der Waals surface area contributed by atoms with Crippen LogP contribution in [-0.2, 0) is 0 Å². The van der Waals surface area contributed by atoms with E-state index in [4.69, 9.17) is 5.73 Å². The first kappa shape index (κ1) is 11.8. The molecule has 2 rings (SSSR count). The predicted octanol–water partition coefficient (Wildman–Crippen LogP) is 1.47. The number of hydrogen-bond donors (Lipinski definition) is 3. The highest BCUT2D eigenvalue weighted by Crippen LogP contribution is 2.19. The van der Waals surface area contributed by atoms with Gasteiger partial charge < -0.3 is 11.2 Å². The van der Waals surface area contributed by atoms with Gasteiger partial charge in [-0.05, 0) is 0 Å². The van der Waals surface area contributed by atoms with Crippen molar-refractivity contribution < 1.29 is 0 Å². The molecule has 0 saturated heterocycles. The van der Waals surface area contributed by atoms with Gasteiger partial charge in [-0.25, -0.2) is 10.4 Å². The smallest absolute Gasteiger partial charge is 0.222 e. The summed E-state index contributed by atoms with van der Waals surface area (Å²) in [5.74, 6) is 0.901. The van der Waals surface area contributed by atoms with Crippen LogP contribution in [0.4, 0.5) is 11.8 Å². The minimum Gasteiger partial charge on any atom is -0.368 e. The molecule has 0 spiro atoms. The van der Waals surface area contributed by atoms with Crippen molar-refractivity contribution in [2.45, 2.75) is 0 Å². The first-order valence-corrected chi connectivity index (χ1v) is 6.00. The molecule has 5 nitrogen and oxygen atoms in total. The summed E-state index contributed by atoms with van der Waals surface area (Å²) in [6.07, 6.45) is 0.713. The lowest BCUT2D eigenvalue weighted by Crippen LogP contribution is -2.20. The number of rotatable bonds is 4. The molecule has 0 amide bonds. The summed E-state index contributed by atoms with van der Waals surface area (Å²) in [4.78, 5) is 8.29. The van der Waals surface area contributed by atoms with Gasteiger partial charge in [0.05, 0.1) is 5.69 Å². The zero-order valence-corrected chi connectivity index (χ0v) is 10.4. The Morgan fingerprint density at radius 1 is 1.18 bits per heavy atom. The maximum absolute atomic E-state index is 5.67. The predicted molar refractivity (Wildman–Crippen MR) is 73.2 cm³/mol. The van der Waals surface area contributed by atoms with Crippen LogP contribution in [0.2, 0.25) is 0 Å². The number of hydrazine groups is 1. The van der Waals surface area contributed by atoms with Gasteiger partial charge in [0.25, 0.3) is 0 Å². The van der Waals surface area contributed by atoms with Gasteiger partial charge in [0.15, 0.2) is 0 Å². The Kier molecular flexibility index (Phi) is 3.85. The van der Waals surface area contributed by atoms with Crippen LogP contribution < -0.4 is 16.6 Å². The van der Waals surface area contributed by atoms with Crippen molar-refractivity contribution in [3.8, 4) is 11.3 Å². The van der Waals surface area contributed by atoms with Crippen molar-refractivity contribution in [2.24, 2.45) is 0 Å². The Bertz CT molecular complexity index is 488. The molecular weight excluding hydrogens is 233 g/mol. The Labute approximate surface area is 102 Å². The van der Waals surface area contributed by atoms with E-state index in [1.165, 1.54) is 0 Å². The molecule has 6 heteroatoms. The molecule has 1 aromatic heterocycles. The minimum absolute atomic E-state index is 0.249. The molecule has 1 heterocycles. The third-order valence-corrected chi connectivity index (χ3v) is 2.34. The molecular formula is C11H14N5P. The maximum Gasteiger partial charge on any atom is 0.222 e. The number of nitrogens with one attached hydrogen (secondary N) is 2. The molecule has 1 atom stereocenters. The average molecular weight is 247 g/mol. The summed E-state index contributed by atoms with van der Waals surface area (Å²) in [5.41, 5.74) is 13.4. The van der Waals surface area contributed by atoms with Gasteiger partial charge in [-0.1, -0.05) is 30.3 Å². The molecule has 4 N–H and O–H groups in total. The molecule has 1 aromatic carbocycles. The van der Waals surface area contributed by atoms with E-state index in [-0.39, 0.29) is 5.95 Å². The molecule has 88 valence electrons. The maximum atomic E-state index is 5.67. The van der Waals surface area contributed by atoms with Gasteiger partial charge in [0.2, 0.25) is 5.95 Å². The zero-order chi connectivity index (χ0) is 12.1. The van der Waals surface area contributed by atoms with Gasteiger partial charge in [0.1, 0.15) is 5.82 Å². The van der Waals surface area contributed by atoms with Crippen LogP contribution in [0.15, 0.2) is 36.4 Å². The molecule has 0 radical (unpaired) electrons. The van der Waals surface area contributed by atoms with Crippen LogP contribution in [0.3, 0.4) is 0 Å². The van der Waals surface area contributed by atoms with E-state index >= 15 is 0 Å². The van der Waals surface area contributed by atoms with Crippen molar-refractivity contribution in [1.82, 2.24) is 15.4 Å². The molecule has 17 heavy (non-hydrogen) atoms. The third kappa shape index (κ3) is 3.12. The Morgan fingerprint density at radius 3 is 2.65 bits per heavy atom. The third-order valence-electron chi connectivity index (χ3n) is 2.13. The van der Waals surface area contributed by atoms with E-state index < -0.39 is 0 Å². The minimum atomic E-state index is 0.249. The molecule has 0 saturated carbocycles. The molecule has 0 aliphatic carbocycles. The van der Waals surface area contributed by atoms with E-state index in [2.05, 4.69) is 30.1 Å². The van der Waals surface area contributed by atoms with Gasteiger partial charge in [-0.3, -0.25) is 0 Å².